The summed E-state index contributed by atoms with van der Waals surface area (Å²) in [4.78, 5) is 3.99. The van der Waals surface area contributed by atoms with Crippen molar-refractivity contribution < 1.29 is 13.2 Å². The van der Waals surface area contributed by atoms with Crippen LogP contribution >= 0.6 is 24.0 Å². The van der Waals surface area contributed by atoms with E-state index in [0.717, 1.165) is 18.8 Å². The molecule has 0 amide bonds. The Hall–Kier alpha value is -0.210. The Labute approximate surface area is 136 Å². The summed E-state index contributed by atoms with van der Waals surface area (Å²) in [5, 5.41) is 6.23. The summed E-state index contributed by atoms with van der Waals surface area (Å²) in [6.07, 6.45) is -0.554. The zero-order valence-corrected chi connectivity index (χ0v) is 14.4. The van der Waals surface area contributed by atoms with Crippen LogP contribution in [0.15, 0.2) is 4.99 Å². The van der Waals surface area contributed by atoms with Crippen molar-refractivity contribution in [2.45, 2.75) is 58.2 Å². The van der Waals surface area contributed by atoms with Gasteiger partial charge in [-0.1, -0.05) is 6.92 Å². The Bertz CT molecular complexity index is 287. The predicted octanol–water partition coefficient (Wildman–Crippen LogP) is 3.69. The fourth-order valence-corrected chi connectivity index (χ4v) is 2.21. The van der Waals surface area contributed by atoms with Crippen molar-refractivity contribution in [1.82, 2.24) is 10.6 Å². The van der Waals surface area contributed by atoms with Crippen LogP contribution in [0.5, 0.6) is 0 Å². The number of rotatable bonds is 4. The quantitative estimate of drug-likeness (QED) is 0.424. The van der Waals surface area contributed by atoms with E-state index in [1.165, 1.54) is 12.8 Å². The minimum Gasteiger partial charge on any atom is -0.357 e. The van der Waals surface area contributed by atoms with Gasteiger partial charge in [-0.3, -0.25) is 4.99 Å². The van der Waals surface area contributed by atoms with Crippen molar-refractivity contribution in [2.24, 2.45) is 10.9 Å². The molecule has 0 aromatic carbocycles. The third kappa shape index (κ3) is 8.86. The molecule has 0 unspecified atom stereocenters. The Morgan fingerprint density at radius 1 is 1.20 bits per heavy atom. The molecule has 0 aliphatic heterocycles. The summed E-state index contributed by atoms with van der Waals surface area (Å²) in [5.74, 6) is 1.26. The van der Waals surface area contributed by atoms with E-state index in [1.54, 1.807) is 0 Å². The number of nitrogens with zero attached hydrogens (tertiary/aromatic N) is 1. The van der Waals surface area contributed by atoms with Gasteiger partial charge in [0.2, 0.25) is 0 Å². The van der Waals surface area contributed by atoms with E-state index in [-0.39, 0.29) is 30.5 Å². The molecule has 2 N–H and O–H groups in total. The molecule has 0 heterocycles. The first-order valence-electron chi connectivity index (χ1n) is 7.02. The first-order valence-corrected chi connectivity index (χ1v) is 7.02. The molecule has 120 valence electrons. The van der Waals surface area contributed by atoms with Gasteiger partial charge in [-0.05, 0) is 38.5 Å². The summed E-state index contributed by atoms with van der Waals surface area (Å²) in [6.45, 7) is 4.58. The molecule has 0 spiro atoms. The average molecular weight is 407 g/mol. The van der Waals surface area contributed by atoms with Crippen molar-refractivity contribution in [3.63, 3.8) is 0 Å². The molecule has 20 heavy (non-hydrogen) atoms. The van der Waals surface area contributed by atoms with Crippen LogP contribution in [0.1, 0.15) is 46.0 Å². The van der Waals surface area contributed by atoms with Gasteiger partial charge in [0.15, 0.2) is 5.96 Å². The van der Waals surface area contributed by atoms with E-state index < -0.39 is 12.6 Å². The lowest BCUT2D eigenvalue weighted by atomic mass is 9.87. The monoisotopic (exact) mass is 407 g/mol. The number of aliphatic imine (C=N–C) groups is 1. The van der Waals surface area contributed by atoms with Crippen LogP contribution in [0.25, 0.3) is 0 Å². The Morgan fingerprint density at radius 2 is 1.80 bits per heavy atom. The molecule has 0 saturated heterocycles. The number of guanidine groups is 1. The van der Waals surface area contributed by atoms with Crippen molar-refractivity contribution >= 4 is 29.9 Å². The van der Waals surface area contributed by atoms with Crippen LogP contribution in [-0.2, 0) is 0 Å². The van der Waals surface area contributed by atoms with Crippen molar-refractivity contribution in [1.29, 1.82) is 0 Å². The van der Waals surface area contributed by atoms with Gasteiger partial charge in [0, 0.05) is 12.6 Å². The second-order valence-corrected chi connectivity index (χ2v) is 5.23. The van der Waals surface area contributed by atoms with Gasteiger partial charge >= 0.3 is 6.18 Å². The Morgan fingerprint density at radius 3 is 2.30 bits per heavy atom. The summed E-state index contributed by atoms with van der Waals surface area (Å²) in [7, 11) is 0. The first-order chi connectivity index (χ1) is 8.90. The van der Waals surface area contributed by atoms with Crippen molar-refractivity contribution in [2.75, 3.05) is 13.1 Å². The predicted molar refractivity (Wildman–Crippen MR) is 86.6 cm³/mol. The van der Waals surface area contributed by atoms with Gasteiger partial charge in [-0.2, -0.15) is 13.2 Å². The third-order valence-electron chi connectivity index (χ3n) is 3.37. The van der Waals surface area contributed by atoms with Gasteiger partial charge in [0.1, 0.15) is 0 Å². The molecule has 0 atom stereocenters. The smallest absolute Gasteiger partial charge is 0.357 e. The molecule has 3 nitrogen and oxygen atoms in total. The molecular weight excluding hydrogens is 382 g/mol. The minimum absolute atomic E-state index is 0. The second kappa shape index (κ2) is 9.68. The zero-order chi connectivity index (χ0) is 14.3. The summed E-state index contributed by atoms with van der Waals surface area (Å²) in [5.41, 5.74) is 0. The molecule has 1 saturated carbocycles. The molecule has 0 bridgehead atoms. The van der Waals surface area contributed by atoms with E-state index in [1.807, 2.05) is 6.92 Å². The number of hydrogen-bond acceptors (Lipinski definition) is 1. The second-order valence-electron chi connectivity index (χ2n) is 5.23. The fraction of sp³-hybridized carbons (Fsp3) is 0.923. The van der Waals surface area contributed by atoms with Crippen molar-refractivity contribution in [3.8, 4) is 0 Å². The summed E-state index contributed by atoms with van der Waals surface area (Å²) >= 11 is 0. The first kappa shape index (κ1) is 19.8. The molecule has 1 aliphatic rings. The maximum absolute atomic E-state index is 12.1. The number of halogens is 4. The van der Waals surface area contributed by atoms with E-state index in [2.05, 4.69) is 22.5 Å². The Kier molecular flexibility index (Phi) is 9.58. The lowest BCUT2D eigenvalue weighted by Gasteiger charge is -2.28. The van der Waals surface area contributed by atoms with Crippen LogP contribution in [-0.4, -0.2) is 31.3 Å². The van der Waals surface area contributed by atoms with Crippen LogP contribution < -0.4 is 10.6 Å². The topological polar surface area (TPSA) is 36.4 Å². The molecule has 1 rings (SSSR count). The number of hydrogen-bond donors (Lipinski definition) is 2. The summed E-state index contributed by atoms with van der Waals surface area (Å²) in [6, 6.07) is 0.333. The maximum Gasteiger partial charge on any atom is 0.390 e. The highest BCUT2D eigenvalue weighted by Gasteiger charge is 2.26. The van der Waals surface area contributed by atoms with E-state index in [9.17, 15) is 13.2 Å². The van der Waals surface area contributed by atoms with Crippen LogP contribution in [0, 0.1) is 5.92 Å². The standard InChI is InChI=1S/C13H24F3N3.HI/c1-3-17-12(18-9-8-13(14,15)16)19-11-6-4-10(2)5-7-11;/h10-11H,3-9H2,1-2H3,(H2,17,18,19);1H. The molecule has 0 radical (unpaired) electrons. The maximum atomic E-state index is 12.1. The van der Waals surface area contributed by atoms with Gasteiger partial charge in [-0.25, -0.2) is 0 Å². The zero-order valence-electron chi connectivity index (χ0n) is 12.1. The van der Waals surface area contributed by atoms with E-state index in [4.69, 9.17) is 0 Å². The highest BCUT2D eigenvalue weighted by atomic mass is 127. The van der Waals surface area contributed by atoms with Gasteiger partial charge in [0.25, 0.3) is 0 Å². The van der Waals surface area contributed by atoms with Crippen molar-refractivity contribution in [3.05, 3.63) is 0 Å². The largest absolute Gasteiger partial charge is 0.390 e. The number of alkyl halides is 3. The van der Waals surface area contributed by atoms with Crippen LogP contribution in [0.3, 0.4) is 0 Å². The Balaban J connectivity index is 0.00000361. The van der Waals surface area contributed by atoms with E-state index in [0.29, 0.717) is 18.5 Å². The number of nitrogens with one attached hydrogen (secondary N) is 2. The minimum atomic E-state index is -4.14. The fourth-order valence-electron chi connectivity index (χ4n) is 2.21. The molecule has 1 fully saturated rings. The summed E-state index contributed by atoms with van der Waals surface area (Å²) < 4.78 is 36.3. The van der Waals surface area contributed by atoms with Gasteiger partial charge in [0.05, 0.1) is 13.0 Å². The average Bonchev–Trinajstić information content (AvgIpc) is 2.30. The lowest BCUT2D eigenvalue weighted by molar-refractivity contribution is -0.132. The van der Waals surface area contributed by atoms with Gasteiger partial charge < -0.3 is 10.6 Å². The molecule has 7 heteroatoms. The highest BCUT2D eigenvalue weighted by Crippen LogP contribution is 2.23. The third-order valence-corrected chi connectivity index (χ3v) is 3.37. The van der Waals surface area contributed by atoms with Gasteiger partial charge in [-0.15, -0.1) is 24.0 Å². The highest BCUT2D eigenvalue weighted by molar-refractivity contribution is 14.0. The molecule has 0 aromatic heterocycles. The van der Waals surface area contributed by atoms with Crippen LogP contribution in [0.4, 0.5) is 13.2 Å². The molecular formula is C13H25F3IN3. The normalized spacial score (nSPS) is 23.9. The SMILES string of the molecule is CCNC(=NCCC(F)(F)F)NC1CCC(C)CC1.I. The molecule has 0 aromatic rings. The lowest BCUT2D eigenvalue weighted by Crippen LogP contribution is -2.44. The van der Waals surface area contributed by atoms with E-state index >= 15 is 0 Å². The van der Waals surface area contributed by atoms with Crippen LogP contribution in [0.2, 0.25) is 0 Å². The molecule has 1 aliphatic carbocycles.